The van der Waals surface area contributed by atoms with Gasteiger partial charge in [0.15, 0.2) is 0 Å². The first-order chi connectivity index (χ1) is 15.5. The third kappa shape index (κ3) is 4.66. The van der Waals surface area contributed by atoms with Crippen LogP contribution in [0.4, 0.5) is 18.9 Å². The molecular formula is C24H24F3N3OS. The molecule has 8 heteroatoms. The lowest BCUT2D eigenvalue weighted by atomic mass is 10.0. The van der Waals surface area contributed by atoms with E-state index >= 15 is 0 Å². The van der Waals surface area contributed by atoms with Crippen LogP contribution in [0.5, 0.6) is 0 Å². The van der Waals surface area contributed by atoms with Gasteiger partial charge in [0.05, 0.1) is 11.7 Å². The molecule has 0 unspecified atom stereocenters. The summed E-state index contributed by atoms with van der Waals surface area (Å²) in [5, 5.41) is 4.75. The molecule has 3 aromatic rings. The molecule has 32 heavy (non-hydrogen) atoms. The minimum absolute atomic E-state index is 0.170. The van der Waals surface area contributed by atoms with Gasteiger partial charge in [-0.3, -0.25) is 9.69 Å². The van der Waals surface area contributed by atoms with Crippen molar-refractivity contribution in [2.24, 2.45) is 0 Å². The molecule has 0 spiro atoms. The van der Waals surface area contributed by atoms with Gasteiger partial charge in [-0.25, -0.2) is 13.2 Å². The van der Waals surface area contributed by atoms with Crippen molar-refractivity contribution in [2.45, 2.75) is 19.0 Å². The number of carbonyl (C=O) groups excluding carboxylic acids is 1. The van der Waals surface area contributed by atoms with Crippen LogP contribution in [-0.2, 0) is 0 Å². The van der Waals surface area contributed by atoms with Gasteiger partial charge < -0.3 is 10.2 Å². The van der Waals surface area contributed by atoms with Crippen LogP contribution in [0.15, 0.2) is 60.0 Å². The number of thiophene rings is 1. The Kier molecular flexibility index (Phi) is 6.81. The lowest BCUT2D eigenvalue weighted by Gasteiger charge is -2.42. The van der Waals surface area contributed by atoms with Crippen LogP contribution in [0.3, 0.4) is 0 Å². The van der Waals surface area contributed by atoms with E-state index in [1.54, 1.807) is 23.5 Å². The zero-order valence-corrected chi connectivity index (χ0v) is 18.4. The van der Waals surface area contributed by atoms with E-state index in [-0.39, 0.29) is 11.9 Å². The van der Waals surface area contributed by atoms with Gasteiger partial charge in [0.25, 0.3) is 5.91 Å². The molecule has 0 bridgehead atoms. The molecule has 0 radical (unpaired) electrons. The normalized spacial score (nSPS) is 16.6. The van der Waals surface area contributed by atoms with Gasteiger partial charge in [0.2, 0.25) is 0 Å². The number of benzene rings is 2. The molecule has 2 atom stereocenters. The summed E-state index contributed by atoms with van der Waals surface area (Å²) in [7, 11) is 0. The van der Waals surface area contributed by atoms with E-state index < -0.39 is 29.1 Å². The number of rotatable bonds is 6. The zero-order chi connectivity index (χ0) is 22.7. The summed E-state index contributed by atoms with van der Waals surface area (Å²) in [5.74, 6) is -2.80. The number of nitrogens with zero attached hydrogens (tertiary/aromatic N) is 2. The number of amides is 1. The third-order valence-corrected chi connectivity index (χ3v) is 6.70. The van der Waals surface area contributed by atoms with Crippen LogP contribution in [0.2, 0.25) is 0 Å². The van der Waals surface area contributed by atoms with Gasteiger partial charge in [-0.05, 0) is 42.6 Å². The molecule has 1 aromatic heterocycles. The van der Waals surface area contributed by atoms with E-state index in [2.05, 4.69) is 10.2 Å². The molecule has 0 saturated carbocycles. The topological polar surface area (TPSA) is 35.6 Å². The first-order valence-electron chi connectivity index (χ1n) is 10.5. The average Bonchev–Trinajstić information content (AvgIpc) is 3.29. The number of piperazine rings is 1. The van der Waals surface area contributed by atoms with E-state index in [0.29, 0.717) is 31.9 Å². The molecule has 1 N–H and O–H groups in total. The Morgan fingerprint density at radius 3 is 2.19 bits per heavy atom. The van der Waals surface area contributed by atoms with E-state index in [4.69, 9.17) is 0 Å². The first-order valence-corrected chi connectivity index (χ1v) is 11.4. The smallest absolute Gasteiger partial charge is 0.257 e. The Labute approximate surface area is 189 Å². The molecule has 1 fully saturated rings. The van der Waals surface area contributed by atoms with Gasteiger partial charge in [-0.1, -0.05) is 24.3 Å². The van der Waals surface area contributed by atoms with E-state index in [9.17, 15) is 18.0 Å². The maximum atomic E-state index is 14.2. The Morgan fingerprint density at radius 1 is 0.906 bits per heavy atom. The van der Waals surface area contributed by atoms with Crippen molar-refractivity contribution < 1.29 is 18.0 Å². The second-order valence-corrected chi connectivity index (χ2v) is 8.77. The maximum absolute atomic E-state index is 14.2. The molecule has 1 aliphatic rings. The number of para-hydroxylation sites is 1. The van der Waals surface area contributed by atoms with Crippen LogP contribution in [-0.4, -0.2) is 43.0 Å². The highest BCUT2D eigenvalue weighted by molar-refractivity contribution is 7.10. The van der Waals surface area contributed by atoms with Crippen LogP contribution in [0, 0.1) is 17.5 Å². The number of nitrogens with one attached hydrogen (secondary N) is 1. The monoisotopic (exact) mass is 459 g/mol. The standard InChI is InChI=1S/C24H24F3N3OS/c1-16(28-24(31)22-18(26)7-4-8-19(22)27)23(21-10-5-15-32-21)30-13-11-29(12-14-30)20-9-3-2-6-17(20)25/h2-10,15-16,23H,11-14H2,1H3,(H,28,31)/t16-,23+/m1/s1. The third-order valence-electron chi connectivity index (χ3n) is 5.76. The SMILES string of the molecule is C[C@@H](NC(=O)c1c(F)cccc1F)[C@@H](c1cccs1)N1CCN(c2ccccc2F)CC1. The van der Waals surface area contributed by atoms with Crippen LogP contribution < -0.4 is 10.2 Å². The van der Waals surface area contributed by atoms with Crippen molar-refractivity contribution in [3.05, 3.63) is 87.9 Å². The highest BCUT2D eigenvalue weighted by atomic mass is 32.1. The Bertz CT molecular complexity index is 1050. The molecule has 168 valence electrons. The fourth-order valence-electron chi connectivity index (χ4n) is 4.22. The Balaban J connectivity index is 1.50. The van der Waals surface area contributed by atoms with Gasteiger partial charge >= 0.3 is 0 Å². The largest absolute Gasteiger partial charge is 0.367 e. The van der Waals surface area contributed by atoms with Crippen molar-refractivity contribution >= 4 is 22.9 Å². The summed E-state index contributed by atoms with van der Waals surface area (Å²) in [6.07, 6.45) is 0. The molecule has 4 rings (SSSR count). The average molecular weight is 460 g/mol. The fourth-order valence-corrected chi connectivity index (χ4v) is 5.19. The minimum Gasteiger partial charge on any atom is -0.367 e. The number of hydrogen-bond acceptors (Lipinski definition) is 4. The van der Waals surface area contributed by atoms with Crippen LogP contribution in [0.1, 0.15) is 28.2 Å². The summed E-state index contributed by atoms with van der Waals surface area (Å²) in [5.41, 5.74) is 0.00449. The van der Waals surface area contributed by atoms with Gasteiger partial charge in [-0.15, -0.1) is 11.3 Å². The quantitative estimate of drug-likeness (QED) is 0.573. The van der Waals surface area contributed by atoms with Gasteiger partial charge in [-0.2, -0.15) is 0 Å². The summed E-state index contributed by atoms with van der Waals surface area (Å²) in [6, 6.07) is 13.4. The molecule has 1 saturated heterocycles. The molecule has 0 aliphatic carbocycles. The highest BCUT2D eigenvalue weighted by Gasteiger charge is 2.32. The van der Waals surface area contributed by atoms with Crippen molar-refractivity contribution in [1.29, 1.82) is 0 Å². The van der Waals surface area contributed by atoms with Crippen LogP contribution >= 0.6 is 11.3 Å². The Hall–Kier alpha value is -2.84. The molecule has 4 nitrogen and oxygen atoms in total. The minimum atomic E-state index is -0.888. The predicted molar refractivity (Wildman–Crippen MR) is 121 cm³/mol. The first kappa shape index (κ1) is 22.4. The number of anilines is 1. The lowest BCUT2D eigenvalue weighted by molar-refractivity contribution is 0.0882. The van der Waals surface area contributed by atoms with Gasteiger partial charge in [0, 0.05) is 37.1 Å². The number of carbonyl (C=O) groups is 1. The maximum Gasteiger partial charge on any atom is 0.257 e. The molecule has 1 aliphatic heterocycles. The molecule has 2 heterocycles. The summed E-state index contributed by atoms with van der Waals surface area (Å²) in [6.45, 7) is 4.41. The predicted octanol–water partition coefficient (Wildman–Crippen LogP) is 4.85. The molecular weight excluding hydrogens is 435 g/mol. The van der Waals surface area contributed by atoms with Crippen molar-refractivity contribution in [1.82, 2.24) is 10.2 Å². The van der Waals surface area contributed by atoms with E-state index in [0.717, 1.165) is 17.0 Å². The Morgan fingerprint density at radius 2 is 1.56 bits per heavy atom. The second-order valence-electron chi connectivity index (χ2n) is 7.79. The number of hydrogen-bond donors (Lipinski definition) is 1. The van der Waals surface area contributed by atoms with E-state index in [1.807, 2.05) is 35.4 Å². The van der Waals surface area contributed by atoms with Crippen molar-refractivity contribution in [2.75, 3.05) is 31.1 Å². The van der Waals surface area contributed by atoms with Crippen LogP contribution in [0.25, 0.3) is 0 Å². The number of halogens is 3. The fraction of sp³-hybridized carbons (Fsp3) is 0.292. The van der Waals surface area contributed by atoms with Gasteiger partial charge in [0.1, 0.15) is 23.0 Å². The lowest BCUT2D eigenvalue weighted by Crippen LogP contribution is -2.52. The van der Waals surface area contributed by atoms with E-state index in [1.165, 1.54) is 12.1 Å². The summed E-state index contributed by atoms with van der Waals surface area (Å²) >= 11 is 1.57. The zero-order valence-electron chi connectivity index (χ0n) is 17.6. The van der Waals surface area contributed by atoms with Crippen molar-refractivity contribution in [3.8, 4) is 0 Å². The summed E-state index contributed by atoms with van der Waals surface area (Å²) in [4.78, 5) is 18.0. The highest BCUT2D eigenvalue weighted by Crippen LogP contribution is 2.31. The second kappa shape index (κ2) is 9.75. The molecule has 2 aromatic carbocycles. The van der Waals surface area contributed by atoms with Crippen molar-refractivity contribution in [3.63, 3.8) is 0 Å². The summed E-state index contributed by atoms with van der Waals surface area (Å²) < 4.78 is 42.3. The molecule has 1 amide bonds.